The maximum absolute atomic E-state index is 12.1. The second kappa shape index (κ2) is 15.6. The van der Waals surface area contributed by atoms with Crippen molar-refractivity contribution in [3.05, 3.63) is 0 Å². The van der Waals surface area contributed by atoms with E-state index < -0.39 is 66.7 Å². The third-order valence-corrected chi connectivity index (χ3v) is 4.61. The number of amides is 5. The van der Waals surface area contributed by atoms with Crippen molar-refractivity contribution in [3.8, 4) is 0 Å². The van der Waals surface area contributed by atoms with Gasteiger partial charge in [-0.2, -0.15) is 37.9 Å². The maximum atomic E-state index is 12.1. The fourth-order valence-corrected chi connectivity index (χ4v) is 2.66. The Balaban J connectivity index is 4.54. The third-order valence-electron chi connectivity index (χ3n) is 3.52. The summed E-state index contributed by atoms with van der Waals surface area (Å²) in [5.74, 6) is -5.04. The molecule has 0 heterocycles. The van der Waals surface area contributed by atoms with Crippen molar-refractivity contribution in [3.63, 3.8) is 0 Å². The van der Waals surface area contributed by atoms with Crippen molar-refractivity contribution in [2.24, 2.45) is 5.73 Å². The first kappa shape index (κ1) is 28.8. The monoisotopic (exact) mass is 498 g/mol. The molecule has 0 saturated heterocycles. The highest BCUT2D eigenvalue weighted by Gasteiger charge is 2.23. The lowest BCUT2D eigenvalue weighted by Crippen LogP contribution is -2.54. The van der Waals surface area contributed by atoms with Gasteiger partial charge in [0.2, 0.25) is 29.5 Å². The Hall–Kier alpha value is -2.17. The molecule has 16 heteroatoms. The lowest BCUT2D eigenvalue weighted by molar-refractivity contribution is -0.141. The van der Waals surface area contributed by atoms with Crippen LogP contribution in [0.2, 0.25) is 0 Å². The smallest absolute Gasteiger partial charge is 0.327 e. The van der Waals surface area contributed by atoms with Gasteiger partial charge in [0, 0.05) is 17.3 Å². The Morgan fingerprint density at radius 1 is 0.677 bits per heavy atom. The molecule has 8 N–H and O–H groups in total. The minimum absolute atomic E-state index is 0.0289. The summed E-state index contributed by atoms with van der Waals surface area (Å²) in [5, 5.41) is 20.2. The SMILES string of the molecule is NCC(=O)N[C@@H](CS)C(=O)NCC(=O)N[C@@H](CS)C(=O)NCC(=O)N[C@@H](CS)C(=O)O. The number of hydrogen-bond donors (Lipinski definition) is 10. The molecule has 0 rings (SSSR count). The van der Waals surface area contributed by atoms with Crippen molar-refractivity contribution in [2.45, 2.75) is 18.1 Å². The molecule has 0 bridgehead atoms. The molecule has 0 aliphatic carbocycles. The van der Waals surface area contributed by atoms with Crippen LogP contribution in [-0.2, 0) is 28.8 Å². The molecule has 0 aliphatic rings. The van der Waals surface area contributed by atoms with Crippen molar-refractivity contribution >= 4 is 73.4 Å². The summed E-state index contributed by atoms with van der Waals surface area (Å²) in [6.07, 6.45) is 0. The van der Waals surface area contributed by atoms with E-state index in [2.05, 4.69) is 64.5 Å². The molecule has 0 aromatic heterocycles. The zero-order chi connectivity index (χ0) is 24.0. The molecule has 31 heavy (non-hydrogen) atoms. The highest BCUT2D eigenvalue weighted by Crippen LogP contribution is 1.92. The maximum Gasteiger partial charge on any atom is 0.327 e. The van der Waals surface area contributed by atoms with Gasteiger partial charge in [0.25, 0.3) is 0 Å². The van der Waals surface area contributed by atoms with Crippen LogP contribution in [0.3, 0.4) is 0 Å². The topological polar surface area (TPSA) is 209 Å². The molecule has 176 valence electrons. The lowest BCUT2D eigenvalue weighted by atomic mass is 10.3. The Morgan fingerprint density at radius 3 is 1.35 bits per heavy atom. The normalized spacial score (nSPS) is 13.2. The molecule has 0 unspecified atom stereocenters. The summed E-state index contributed by atoms with van der Waals surface area (Å²) in [4.78, 5) is 69.9. The van der Waals surface area contributed by atoms with E-state index in [1.807, 2.05) is 0 Å². The van der Waals surface area contributed by atoms with Crippen LogP contribution in [0.15, 0.2) is 0 Å². The van der Waals surface area contributed by atoms with E-state index in [4.69, 9.17) is 10.8 Å². The fourth-order valence-electron chi connectivity index (χ4n) is 1.90. The van der Waals surface area contributed by atoms with E-state index in [0.29, 0.717) is 0 Å². The standard InChI is InChI=1S/C15H26N6O7S3/c16-1-10(22)19-7(4-29)13(25)17-2-11(23)20-8(5-30)14(26)18-3-12(24)21-9(6-31)15(27)28/h7-9,29-31H,1-6,16H2,(H,17,25)(H,18,26)(H,19,22)(H,20,23)(H,21,24)(H,27,28)/t7-,8-,9-/m0/s1. The molecular weight excluding hydrogens is 472 g/mol. The van der Waals surface area contributed by atoms with E-state index in [0.717, 1.165) is 0 Å². The largest absolute Gasteiger partial charge is 0.480 e. The number of rotatable bonds is 14. The summed E-state index contributed by atoms with van der Waals surface area (Å²) >= 11 is 11.7. The van der Waals surface area contributed by atoms with Gasteiger partial charge >= 0.3 is 5.97 Å². The molecular formula is C15H26N6O7S3. The van der Waals surface area contributed by atoms with Crippen molar-refractivity contribution in [1.82, 2.24) is 26.6 Å². The molecule has 5 amide bonds. The average molecular weight is 499 g/mol. The van der Waals surface area contributed by atoms with E-state index in [9.17, 15) is 28.8 Å². The number of carboxylic acids is 1. The van der Waals surface area contributed by atoms with Crippen molar-refractivity contribution in [2.75, 3.05) is 36.9 Å². The van der Waals surface area contributed by atoms with Gasteiger partial charge in [-0.25, -0.2) is 4.79 Å². The number of nitrogens with one attached hydrogen (secondary N) is 5. The number of carbonyl (C=O) groups is 6. The molecule has 0 aromatic rings. The first-order valence-electron chi connectivity index (χ1n) is 8.78. The molecule has 0 radical (unpaired) electrons. The number of nitrogens with two attached hydrogens (primary N) is 1. The number of hydrogen-bond acceptors (Lipinski definition) is 10. The molecule has 0 aromatic carbocycles. The zero-order valence-electron chi connectivity index (χ0n) is 16.3. The van der Waals surface area contributed by atoms with Crippen molar-refractivity contribution in [1.29, 1.82) is 0 Å². The Morgan fingerprint density at radius 2 is 1.03 bits per heavy atom. The minimum atomic E-state index is -1.28. The van der Waals surface area contributed by atoms with Crippen LogP contribution in [-0.4, -0.2) is 95.6 Å². The van der Waals surface area contributed by atoms with Crippen LogP contribution in [0.4, 0.5) is 0 Å². The van der Waals surface area contributed by atoms with E-state index in [1.54, 1.807) is 0 Å². The van der Waals surface area contributed by atoms with Gasteiger partial charge in [0.15, 0.2) is 0 Å². The second-order valence-corrected chi connectivity index (χ2v) is 6.98. The predicted molar refractivity (Wildman–Crippen MR) is 120 cm³/mol. The molecule has 0 fully saturated rings. The predicted octanol–water partition coefficient (Wildman–Crippen LogP) is -4.49. The average Bonchev–Trinajstić information content (AvgIpc) is 2.75. The molecule has 0 saturated carbocycles. The lowest BCUT2D eigenvalue weighted by Gasteiger charge is -2.18. The molecule has 0 aliphatic heterocycles. The zero-order valence-corrected chi connectivity index (χ0v) is 19.0. The summed E-state index contributed by atoms with van der Waals surface area (Å²) in [5.41, 5.74) is 5.15. The van der Waals surface area contributed by atoms with E-state index >= 15 is 0 Å². The van der Waals surface area contributed by atoms with Gasteiger partial charge in [-0.1, -0.05) is 0 Å². The molecule has 3 atom stereocenters. The fraction of sp³-hybridized carbons (Fsp3) is 0.600. The van der Waals surface area contributed by atoms with Crippen LogP contribution in [0.1, 0.15) is 0 Å². The van der Waals surface area contributed by atoms with E-state index in [1.165, 1.54) is 0 Å². The van der Waals surface area contributed by atoms with Crippen LogP contribution in [0.5, 0.6) is 0 Å². The van der Waals surface area contributed by atoms with Crippen LogP contribution in [0, 0.1) is 0 Å². The quantitative estimate of drug-likeness (QED) is 0.105. The Kier molecular flexibility index (Phi) is 14.5. The summed E-state index contributed by atoms with van der Waals surface area (Å²) in [6, 6.07) is -3.34. The highest BCUT2D eigenvalue weighted by molar-refractivity contribution is 7.80. The van der Waals surface area contributed by atoms with E-state index in [-0.39, 0.29) is 23.8 Å². The van der Waals surface area contributed by atoms with Gasteiger partial charge in [-0.15, -0.1) is 0 Å². The second-order valence-electron chi connectivity index (χ2n) is 5.89. The van der Waals surface area contributed by atoms with Gasteiger partial charge in [0.1, 0.15) is 18.1 Å². The number of aliphatic carboxylic acids is 1. The summed E-state index contributed by atoms with van der Waals surface area (Å²) in [7, 11) is 0. The Bertz CT molecular complexity index is 681. The van der Waals surface area contributed by atoms with Crippen LogP contribution < -0.4 is 32.3 Å². The van der Waals surface area contributed by atoms with Gasteiger partial charge in [-0.05, 0) is 0 Å². The highest BCUT2D eigenvalue weighted by atomic mass is 32.1. The van der Waals surface area contributed by atoms with Crippen LogP contribution in [0.25, 0.3) is 0 Å². The van der Waals surface area contributed by atoms with Crippen LogP contribution >= 0.6 is 37.9 Å². The summed E-state index contributed by atoms with van der Waals surface area (Å²) < 4.78 is 0. The number of carboxylic acid groups (broad SMARTS) is 1. The molecule has 13 nitrogen and oxygen atoms in total. The first-order chi connectivity index (χ1) is 14.6. The number of thiol groups is 3. The van der Waals surface area contributed by atoms with Gasteiger partial charge in [-0.3, -0.25) is 24.0 Å². The number of carbonyl (C=O) groups excluding carboxylic acids is 5. The van der Waals surface area contributed by atoms with Gasteiger partial charge < -0.3 is 37.4 Å². The molecule has 0 spiro atoms. The summed E-state index contributed by atoms with van der Waals surface area (Å²) in [6.45, 7) is -1.35. The third kappa shape index (κ3) is 11.7. The first-order valence-corrected chi connectivity index (χ1v) is 10.7. The minimum Gasteiger partial charge on any atom is -0.480 e. The Labute approximate surface area is 194 Å². The van der Waals surface area contributed by atoms with Crippen molar-refractivity contribution < 1.29 is 33.9 Å². The van der Waals surface area contributed by atoms with Gasteiger partial charge in [0.05, 0.1) is 19.6 Å².